The third-order valence-corrected chi connectivity index (χ3v) is 4.44. The summed E-state index contributed by atoms with van der Waals surface area (Å²) < 4.78 is 5.14. The second-order valence-electron chi connectivity index (χ2n) is 6.64. The van der Waals surface area contributed by atoms with Gasteiger partial charge < -0.3 is 20.1 Å². The summed E-state index contributed by atoms with van der Waals surface area (Å²) in [5, 5.41) is 12.0. The van der Waals surface area contributed by atoms with E-state index in [0.29, 0.717) is 0 Å². The molecule has 0 saturated carbocycles. The van der Waals surface area contributed by atoms with E-state index in [0.717, 1.165) is 11.1 Å². The average molecular weight is 398 g/mol. The van der Waals surface area contributed by atoms with Crippen molar-refractivity contribution in [2.24, 2.45) is 0 Å². The Kier molecular flexibility index (Phi) is 8.21. The molecule has 2 aromatic rings. The molecule has 0 aliphatic carbocycles. The van der Waals surface area contributed by atoms with Gasteiger partial charge in [0.15, 0.2) is 0 Å². The molecule has 2 rings (SSSR count). The van der Waals surface area contributed by atoms with Crippen molar-refractivity contribution >= 4 is 18.0 Å². The van der Waals surface area contributed by atoms with Crippen molar-refractivity contribution < 1.29 is 24.2 Å². The van der Waals surface area contributed by atoms with Crippen LogP contribution in [-0.4, -0.2) is 40.1 Å². The van der Waals surface area contributed by atoms with E-state index >= 15 is 0 Å². The van der Waals surface area contributed by atoms with Crippen LogP contribution < -0.4 is 5.32 Å². The van der Waals surface area contributed by atoms with Gasteiger partial charge in [0, 0.05) is 6.54 Å². The van der Waals surface area contributed by atoms with Gasteiger partial charge in [0.25, 0.3) is 0 Å². The molecule has 0 aliphatic heterocycles. The van der Waals surface area contributed by atoms with Gasteiger partial charge in [-0.2, -0.15) is 0 Å². The van der Waals surface area contributed by atoms with Crippen LogP contribution in [0.1, 0.15) is 31.4 Å². The number of aliphatic carboxylic acids is 1. The average Bonchev–Trinajstić information content (AvgIpc) is 2.72. The van der Waals surface area contributed by atoms with Gasteiger partial charge in [0.1, 0.15) is 18.7 Å². The molecule has 0 aromatic heterocycles. The fourth-order valence-electron chi connectivity index (χ4n) is 2.90. The van der Waals surface area contributed by atoms with E-state index in [9.17, 15) is 19.5 Å². The van der Waals surface area contributed by atoms with Gasteiger partial charge in [-0.15, -0.1) is 0 Å². The zero-order valence-electron chi connectivity index (χ0n) is 16.6. The summed E-state index contributed by atoms with van der Waals surface area (Å²) in [6.45, 7) is 3.43. The summed E-state index contributed by atoms with van der Waals surface area (Å²) in [4.78, 5) is 38.0. The van der Waals surface area contributed by atoms with Crippen molar-refractivity contribution in [3.05, 3.63) is 71.8 Å². The first-order valence-corrected chi connectivity index (χ1v) is 9.46. The molecule has 0 heterocycles. The van der Waals surface area contributed by atoms with Gasteiger partial charge in [0.05, 0.1) is 0 Å². The van der Waals surface area contributed by atoms with Crippen molar-refractivity contribution in [3.8, 4) is 0 Å². The zero-order chi connectivity index (χ0) is 21.2. The van der Waals surface area contributed by atoms with Crippen molar-refractivity contribution in [2.75, 3.05) is 0 Å². The highest BCUT2D eigenvalue weighted by Crippen LogP contribution is 2.14. The largest absolute Gasteiger partial charge is 0.480 e. The smallest absolute Gasteiger partial charge is 0.408 e. The summed E-state index contributed by atoms with van der Waals surface area (Å²) in [7, 11) is 0. The van der Waals surface area contributed by atoms with Crippen LogP contribution in [0.3, 0.4) is 0 Å². The lowest BCUT2D eigenvalue weighted by molar-refractivity contribution is -0.151. The molecular formula is C22H26N2O5. The first-order valence-electron chi connectivity index (χ1n) is 9.46. The molecule has 2 N–H and O–H groups in total. The summed E-state index contributed by atoms with van der Waals surface area (Å²) in [5.74, 6) is -1.57. The minimum Gasteiger partial charge on any atom is -0.480 e. The number of nitrogens with zero attached hydrogens (tertiary/aromatic N) is 1. The minimum absolute atomic E-state index is 0.0774. The highest BCUT2D eigenvalue weighted by atomic mass is 16.5. The molecule has 2 atom stereocenters. The van der Waals surface area contributed by atoms with Gasteiger partial charge >= 0.3 is 12.1 Å². The number of hydrogen-bond acceptors (Lipinski definition) is 4. The number of carboxylic acids is 1. The Morgan fingerprint density at radius 1 is 1.00 bits per heavy atom. The van der Waals surface area contributed by atoms with Gasteiger partial charge in [-0.3, -0.25) is 4.79 Å². The number of rotatable bonds is 9. The highest BCUT2D eigenvalue weighted by molar-refractivity contribution is 5.89. The van der Waals surface area contributed by atoms with Crippen LogP contribution in [0.4, 0.5) is 4.79 Å². The predicted molar refractivity (Wildman–Crippen MR) is 108 cm³/mol. The summed E-state index contributed by atoms with van der Waals surface area (Å²) in [5.41, 5.74) is 1.63. The van der Waals surface area contributed by atoms with Crippen molar-refractivity contribution in [1.29, 1.82) is 0 Å². The number of carbonyl (C=O) groups excluding carboxylic acids is 2. The van der Waals surface area contributed by atoms with Crippen molar-refractivity contribution in [2.45, 2.75) is 45.5 Å². The Hall–Kier alpha value is -3.35. The van der Waals surface area contributed by atoms with E-state index in [1.165, 1.54) is 11.8 Å². The Labute approximate surface area is 170 Å². The Morgan fingerprint density at radius 3 is 2.07 bits per heavy atom. The van der Waals surface area contributed by atoms with Crippen LogP contribution in [0.25, 0.3) is 0 Å². The molecule has 29 heavy (non-hydrogen) atoms. The zero-order valence-corrected chi connectivity index (χ0v) is 16.6. The Bertz CT molecular complexity index is 810. The van der Waals surface area contributed by atoms with Gasteiger partial charge in [-0.25, -0.2) is 9.59 Å². The number of carbonyl (C=O) groups is 3. The lowest BCUT2D eigenvalue weighted by Crippen LogP contribution is -2.52. The van der Waals surface area contributed by atoms with E-state index in [1.54, 1.807) is 6.92 Å². The first kappa shape index (κ1) is 21.9. The minimum atomic E-state index is -1.09. The number of carboxylic acid groups (broad SMARTS) is 1. The van der Waals surface area contributed by atoms with Crippen LogP contribution in [0, 0.1) is 0 Å². The normalized spacial score (nSPS) is 12.5. The monoisotopic (exact) mass is 398 g/mol. The molecule has 2 aromatic carbocycles. The molecule has 2 unspecified atom stereocenters. The molecule has 7 heteroatoms. The van der Waals surface area contributed by atoms with Crippen LogP contribution in [0.2, 0.25) is 0 Å². The van der Waals surface area contributed by atoms with E-state index in [1.807, 2.05) is 60.7 Å². The van der Waals surface area contributed by atoms with Crippen molar-refractivity contribution in [1.82, 2.24) is 10.2 Å². The first-order chi connectivity index (χ1) is 13.9. The number of hydrogen-bond donors (Lipinski definition) is 2. The standard InChI is InChI=1S/C22H26N2O5/c1-3-19(21(26)27)24(14-17-10-6-4-7-11-17)20(25)16(2)23-22(28)29-15-18-12-8-5-9-13-18/h4-13,16,19H,3,14-15H2,1-2H3,(H,23,28)(H,26,27). The van der Waals surface area contributed by atoms with E-state index in [4.69, 9.17) is 4.74 Å². The molecule has 154 valence electrons. The van der Waals surface area contributed by atoms with Gasteiger partial charge in [-0.1, -0.05) is 67.6 Å². The van der Waals surface area contributed by atoms with Crippen LogP contribution in [-0.2, 0) is 27.5 Å². The molecular weight excluding hydrogens is 372 g/mol. The van der Waals surface area contributed by atoms with Crippen LogP contribution in [0.5, 0.6) is 0 Å². The molecule has 0 radical (unpaired) electrons. The maximum atomic E-state index is 13.0. The van der Waals surface area contributed by atoms with E-state index in [2.05, 4.69) is 5.32 Å². The molecule has 0 saturated heterocycles. The lowest BCUT2D eigenvalue weighted by atomic mass is 10.1. The predicted octanol–water partition coefficient (Wildman–Crippen LogP) is 3.19. The van der Waals surface area contributed by atoms with Crippen LogP contribution in [0.15, 0.2) is 60.7 Å². The number of alkyl carbamates (subject to hydrolysis) is 1. The number of ether oxygens (including phenoxy) is 1. The molecule has 0 aliphatic rings. The maximum absolute atomic E-state index is 13.0. The molecule has 2 amide bonds. The Morgan fingerprint density at radius 2 is 1.55 bits per heavy atom. The third-order valence-electron chi connectivity index (χ3n) is 4.44. The fourth-order valence-corrected chi connectivity index (χ4v) is 2.90. The van der Waals surface area contributed by atoms with Gasteiger partial charge in [-0.05, 0) is 24.5 Å². The molecule has 0 bridgehead atoms. The van der Waals surface area contributed by atoms with E-state index < -0.39 is 30.1 Å². The summed E-state index contributed by atoms with van der Waals surface area (Å²) in [6, 6.07) is 16.4. The molecule has 0 spiro atoms. The second kappa shape index (κ2) is 10.8. The maximum Gasteiger partial charge on any atom is 0.408 e. The fraction of sp³-hybridized carbons (Fsp3) is 0.318. The Balaban J connectivity index is 2.04. The second-order valence-corrected chi connectivity index (χ2v) is 6.64. The van der Waals surface area contributed by atoms with Crippen molar-refractivity contribution in [3.63, 3.8) is 0 Å². The lowest BCUT2D eigenvalue weighted by Gasteiger charge is -2.31. The number of amides is 2. The third kappa shape index (κ3) is 6.64. The topological polar surface area (TPSA) is 95.9 Å². The molecule has 7 nitrogen and oxygen atoms in total. The SMILES string of the molecule is CCC(C(=O)O)N(Cc1ccccc1)C(=O)C(C)NC(=O)OCc1ccccc1. The number of nitrogens with one attached hydrogen (secondary N) is 1. The molecule has 0 fully saturated rings. The van der Waals surface area contributed by atoms with E-state index in [-0.39, 0.29) is 19.6 Å². The number of benzene rings is 2. The van der Waals surface area contributed by atoms with Gasteiger partial charge in [0.2, 0.25) is 5.91 Å². The summed E-state index contributed by atoms with van der Waals surface area (Å²) in [6.07, 6.45) is -0.489. The quantitative estimate of drug-likeness (QED) is 0.676. The van der Waals surface area contributed by atoms with Crippen LogP contribution >= 0.6 is 0 Å². The summed E-state index contributed by atoms with van der Waals surface area (Å²) >= 11 is 0. The highest BCUT2D eigenvalue weighted by Gasteiger charge is 2.31.